The van der Waals surface area contributed by atoms with E-state index in [2.05, 4.69) is 12.7 Å². The van der Waals surface area contributed by atoms with Crippen LogP contribution in [-0.4, -0.2) is 7.85 Å². The predicted octanol–water partition coefficient (Wildman–Crippen LogP) is 3.59. The Kier molecular flexibility index (Phi) is 1.46. The van der Waals surface area contributed by atoms with Gasteiger partial charge in [0.15, 0.2) is 0 Å². The molecule has 7 aliphatic rings. The van der Waals surface area contributed by atoms with Gasteiger partial charge in [-0.3, -0.25) is 0 Å². The van der Waals surface area contributed by atoms with Crippen LogP contribution in [0.15, 0.2) is 12.7 Å². The fourth-order valence-corrected chi connectivity index (χ4v) is 7.29. The molecule has 17 heavy (non-hydrogen) atoms. The Morgan fingerprint density at radius 1 is 0.765 bits per heavy atom. The second kappa shape index (κ2) is 2.56. The third kappa shape index (κ3) is 0.933. The molecule has 0 nitrogen and oxygen atoms in total. The Morgan fingerprint density at radius 3 is 1.47 bits per heavy atom. The van der Waals surface area contributed by atoms with Gasteiger partial charge in [0.25, 0.3) is 0 Å². The molecule has 88 valence electrons. The summed E-state index contributed by atoms with van der Waals surface area (Å²) in [7, 11) is 6.65. The van der Waals surface area contributed by atoms with E-state index in [-0.39, 0.29) is 5.31 Å². The molecule has 7 fully saturated rings. The molecular weight excluding hydrogens is 203 g/mol. The van der Waals surface area contributed by atoms with E-state index in [1.165, 1.54) is 38.5 Å². The molecule has 0 spiro atoms. The maximum atomic E-state index is 6.65. The van der Waals surface area contributed by atoms with Crippen LogP contribution in [0.25, 0.3) is 0 Å². The summed E-state index contributed by atoms with van der Waals surface area (Å²) in [5, 5.41) is 0.259. The smallest absolute Gasteiger partial charge is 0.0746 e. The summed E-state index contributed by atoms with van der Waals surface area (Å²) in [4.78, 5) is 0. The number of hydrogen-bond donors (Lipinski definition) is 0. The van der Waals surface area contributed by atoms with Gasteiger partial charge in [0.05, 0.1) is 7.85 Å². The highest BCUT2D eigenvalue weighted by atomic mass is 14.7. The maximum absolute atomic E-state index is 6.65. The fraction of sp³-hybridized carbons (Fsp3) is 0.875. The van der Waals surface area contributed by atoms with Gasteiger partial charge in [-0.15, -0.1) is 6.58 Å². The van der Waals surface area contributed by atoms with E-state index in [0.717, 1.165) is 35.5 Å². The molecule has 7 aliphatic carbocycles. The second-order valence-electron chi connectivity index (χ2n) is 8.14. The van der Waals surface area contributed by atoms with Crippen LogP contribution in [-0.2, 0) is 0 Å². The van der Waals surface area contributed by atoms with Crippen LogP contribution in [0, 0.1) is 40.9 Å². The lowest BCUT2D eigenvalue weighted by Crippen LogP contribution is -2.65. The Labute approximate surface area is 106 Å². The minimum atomic E-state index is 0.259. The van der Waals surface area contributed by atoms with E-state index in [0.29, 0.717) is 5.41 Å². The third-order valence-electron chi connectivity index (χ3n) is 7.59. The third-order valence-corrected chi connectivity index (χ3v) is 7.59. The number of hydrogen-bond acceptors (Lipinski definition) is 0. The Hall–Kier alpha value is -0.195. The molecule has 0 saturated heterocycles. The molecule has 0 aromatic rings. The summed E-state index contributed by atoms with van der Waals surface area (Å²) >= 11 is 0. The van der Waals surface area contributed by atoms with Crippen LogP contribution < -0.4 is 0 Å². The van der Waals surface area contributed by atoms with Crippen molar-refractivity contribution in [2.75, 3.05) is 0 Å². The highest BCUT2D eigenvalue weighted by molar-refractivity contribution is 6.15. The summed E-state index contributed by atoms with van der Waals surface area (Å²) in [5.41, 5.74) is 0.551. The molecule has 7 saturated carbocycles. The second-order valence-corrected chi connectivity index (χ2v) is 8.14. The highest BCUT2D eigenvalue weighted by Gasteiger charge is 2.68. The molecule has 0 unspecified atom stereocenters. The van der Waals surface area contributed by atoms with Crippen LogP contribution in [0.4, 0.5) is 0 Å². The van der Waals surface area contributed by atoms with Crippen LogP contribution >= 0.6 is 0 Å². The average Bonchev–Trinajstić information content (AvgIpc) is 2.33. The summed E-state index contributed by atoms with van der Waals surface area (Å²) < 4.78 is 0. The number of allylic oxidation sites excluding steroid dienone is 1. The van der Waals surface area contributed by atoms with Gasteiger partial charge in [0, 0.05) is 0 Å². The van der Waals surface area contributed by atoms with Gasteiger partial charge in [-0.25, -0.2) is 0 Å². The van der Waals surface area contributed by atoms with E-state index in [4.69, 9.17) is 7.85 Å². The molecule has 0 aromatic heterocycles. The summed E-state index contributed by atoms with van der Waals surface area (Å²) in [6.45, 7) is 4.17. The summed E-state index contributed by atoms with van der Waals surface area (Å²) in [6, 6.07) is 0. The lowest BCUT2D eigenvalue weighted by atomic mass is 9.28. The number of rotatable bonds is 1. The van der Waals surface area contributed by atoms with Gasteiger partial charge in [-0.05, 0) is 60.2 Å². The van der Waals surface area contributed by atoms with E-state index in [9.17, 15) is 0 Å². The van der Waals surface area contributed by atoms with Crippen molar-refractivity contribution >= 4 is 7.85 Å². The molecule has 0 aromatic carbocycles. The van der Waals surface area contributed by atoms with Crippen molar-refractivity contribution in [3.8, 4) is 0 Å². The van der Waals surface area contributed by atoms with Crippen molar-refractivity contribution in [3.05, 3.63) is 12.7 Å². The molecular formula is C16H21B. The first-order chi connectivity index (χ1) is 8.13. The lowest BCUT2D eigenvalue weighted by molar-refractivity contribution is -0.216. The Balaban J connectivity index is 1.66. The van der Waals surface area contributed by atoms with Crippen molar-refractivity contribution in [1.82, 2.24) is 0 Å². The van der Waals surface area contributed by atoms with Crippen molar-refractivity contribution in [1.29, 1.82) is 0 Å². The zero-order valence-electron chi connectivity index (χ0n) is 10.6. The molecule has 0 aliphatic heterocycles. The SMILES string of the molecule is [B]C12CC3C4CC5(C=C)CC3C(C1)C(C5)C4C2. The van der Waals surface area contributed by atoms with Crippen LogP contribution in [0.5, 0.6) is 0 Å². The average molecular weight is 224 g/mol. The van der Waals surface area contributed by atoms with Crippen molar-refractivity contribution < 1.29 is 0 Å². The molecule has 7 rings (SSSR count). The maximum Gasteiger partial charge on any atom is 0.0746 e. The molecule has 1 heteroatoms. The van der Waals surface area contributed by atoms with E-state index >= 15 is 0 Å². The first kappa shape index (κ1) is 9.70. The quantitative estimate of drug-likeness (QED) is 0.471. The van der Waals surface area contributed by atoms with E-state index in [1.54, 1.807) is 0 Å². The zero-order valence-corrected chi connectivity index (χ0v) is 10.6. The summed E-state index contributed by atoms with van der Waals surface area (Å²) in [6.07, 6.45) is 10.8. The first-order valence-corrected chi connectivity index (χ1v) is 7.56. The minimum Gasteiger partial charge on any atom is -0.103 e. The zero-order chi connectivity index (χ0) is 11.4. The van der Waals surface area contributed by atoms with Gasteiger partial charge in [0.1, 0.15) is 0 Å². The standard InChI is InChI=1S/C16H21B/c1-2-15-3-9-12-6-16(17)7-13(9)11(5-15)14(8-16)10(12)4-15/h2,9-14H,1,3-8H2. The van der Waals surface area contributed by atoms with E-state index < -0.39 is 0 Å². The van der Waals surface area contributed by atoms with Crippen molar-refractivity contribution in [2.24, 2.45) is 40.9 Å². The van der Waals surface area contributed by atoms with E-state index in [1.807, 2.05) is 0 Å². The Morgan fingerprint density at radius 2 is 1.12 bits per heavy atom. The normalized spacial score (nSPS) is 69.9. The fourth-order valence-electron chi connectivity index (χ4n) is 7.29. The minimum absolute atomic E-state index is 0.259. The van der Waals surface area contributed by atoms with Gasteiger partial charge in [0.2, 0.25) is 0 Å². The van der Waals surface area contributed by atoms with Gasteiger partial charge >= 0.3 is 0 Å². The van der Waals surface area contributed by atoms with Gasteiger partial charge in [-0.2, -0.15) is 0 Å². The largest absolute Gasteiger partial charge is 0.103 e. The molecule has 0 atom stereocenters. The summed E-state index contributed by atoms with van der Waals surface area (Å²) in [5.74, 6) is 6.09. The molecule has 0 heterocycles. The predicted molar refractivity (Wildman–Crippen MR) is 69.7 cm³/mol. The molecule has 0 N–H and O–H groups in total. The van der Waals surface area contributed by atoms with Crippen LogP contribution in [0.3, 0.4) is 0 Å². The lowest BCUT2D eigenvalue weighted by Gasteiger charge is -2.74. The highest BCUT2D eigenvalue weighted by Crippen LogP contribution is 2.78. The molecule has 0 amide bonds. The Bertz CT molecular complexity index is 347. The van der Waals surface area contributed by atoms with Crippen LogP contribution in [0.1, 0.15) is 38.5 Å². The molecule has 8 bridgehead atoms. The van der Waals surface area contributed by atoms with Crippen molar-refractivity contribution in [3.63, 3.8) is 0 Å². The molecule has 2 radical (unpaired) electrons. The topological polar surface area (TPSA) is 0 Å². The van der Waals surface area contributed by atoms with Crippen LogP contribution in [0.2, 0.25) is 5.31 Å². The monoisotopic (exact) mass is 224 g/mol. The van der Waals surface area contributed by atoms with Gasteiger partial charge < -0.3 is 0 Å². The van der Waals surface area contributed by atoms with Gasteiger partial charge in [-0.1, -0.05) is 30.7 Å². The first-order valence-electron chi connectivity index (χ1n) is 7.56. The van der Waals surface area contributed by atoms with Crippen molar-refractivity contribution in [2.45, 2.75) is 43.8 Å².